The number of amides is 1. The van der Waals surface area contributed by atoms with Crippen molar-refractivity contribution in [3.63, 3.8) is 0 Å². The number of ether oxygens (including phenoxy) is 1. The molecular weight excluding hydrogens is 457 g/mol. The summed E-state index contributed by atoms with van der Waals surface area (Å²) in [6.45, 7) is -0.664. The first-order chi connectivity index (χ1) is 16.3. The van der Waals surface area contributed by atoms with E-state index in [2.05, 4.69) is 25.4 Å². The Kier molecular flexibility index (Phi) is 6.38. The van der Waals surface area contributed by atoms with E-state index in [0.29, 0.717) is 0 Å². The lowest BCUT2D eigenvalue weighted by Crippen LogP contribution is -2.21. The van der Waals surface area contributed by atoms with E-state index in [0.717, 1.165) is 10.6 Å². The van der Waals surface area contributed by atoms with E-state index in [1.807, 2.05) is 0 Å². The zero-order valence-corrected chi connectivity index (χ0v) is 17.3. The maximum atomic E-state index is 13.4. The smallest absolute Gasteiger partial charge is 0.417 e. The van der Waals surface area contributed by atoms with Crippen LogP contribution in [0.1, 0.15) is 16.1 Å². The molecule has 0 saturated heterocycles. The SMILES string of the molecule is O=C(Nc1cnc(OCC(O)CO)cn1)c1cnc2ccc(-c3ccccc3C(F)(F)F)nn12. The van der Waals surface area contributed by atoms with Crippen LogP contribution in [0.5, 0.6) is 5.88 Å². The molecule has 3 heterocycles. The highest BCUT2D eigenvalue weighted by Gasteiger charge is 2.33. The molecule has 13 heteroatoms. The average Bonchev–Trinajstić information content (AvgIpc) is 3.26. The summed E-state index contributed by atoms with van der Waals surface area (Å²) in [7, 11) is 0. The van der Waals surface area contributed by atoms with Crippen LogP contribution in [0.3, 0.4) is 0 Å². The van der Waals surface area contributed by atoms with Gasteiger partial charge < -0.3 is 20.3 Å². The minimum atomic E-state index is -4.58. The Morgan fingerprint density at radius 1 is 1.09 bits per heavy atom. The Hall–Kier alpha value is -4.10. The molecule has 0 radical (unpaired) electrons. The summed E-state index contributed by atoms with van der Waals surface area (Å²) in [5.41, 5.74) is -0.745. The molecule has 1 atom stereocenters. The standard InChI is InChI=1S/C21H17F3N6O4/c22-21(23,24)14-4-2-1-3-13(14)15-5-6-18-26-7-16(30(18)29-15)20(33)28-17-8-27-19(9-25-17)34-11-12(32)10-31/h1-9,12,31-32H,10-11H2,(H,25,28,33). The van der Waals surface area contributed by atoms with Crippen molar-refractivity contribution in [1.82, 2.24) is 24.6 Å². The molecule has 176 valence electrons. The number of anilines is 1. The maximum absolute atomic E-state index is 13.4. The van der Waals surface area contributed by atoms with Crippen LogP contribution in [-0.2, 0) is 6.18 Å². The lowest BCUT2D eigenvalue weighted by molar-refractivity contribution is -0.137. The summed E-state index contributed by atoms with van der Waals surface area (Å²) < 4.78 is 46.5. The number of aliphatic hydroxyl groups is 2. The summed E-state index contributed by atoms with van der Waals surface area (Å²) in [5.74, 6) is -0.538. The first kappa shape index (κ1) is 23.1. The Balaban J connectivity index is 1.57. The van der Waals surface area contributed by atoms with E-state index < -0.39 is 30.4 Å². The summed E-state index contributed by atoms with van der Waals surface area (Å²) in [5, 5.41) is 24.8. The number of rotatable bonds is 7. The zero-order chi connectivity index (χ0) is 24.3. The molecule has 0 aliphatic carbocycles. The second kappa shape index (κ2) is 9.41. The highest BCUT2D eigenvalue weighted by atomic mass is 19.4. The van der Waals surface area contributed by atoms with Gasteiger partial charge in [-0.15, -0.1) is 0 Å². The van der Waals surface area contributed by atoms with Gasteiger partial charge in [-0.2, -0.15) is 18.3 Å². The van der Waals surface area contributed by atoms with Crippen LogP contribution in [0.15, 0.2) is 55.0 Å². The number of carbonyl (C=O) groups excluding carboxylic acids is 1. The molecule has 4 rings (SSSR count). The van der Waals surface area contributed by atoms with Crippen LogP contribution < -0.4 is 10.1 Å². The van der Waals surface area contributed by atoms with Gasteiger partial charge in [-0.05, 0) is 18.2 Å². The molecule has 0 fully saturated rings. The molecule has 4 aromatic rings. The first-order valence-corrected chi connectivity index (χ1v) is 9.83. The van der Waals surface area contributed by atoms with Gasteiger partial charge in [0.2, 0.25) is 5.88 Å². The fraction of sp³-hybridized carbons (Fsp3) is 0.190. The fourth-order valence-electron chi connectivity index (χ4n) is 3.00. The maximum Gasteiger partial charge on any atom is 0.417 e. The summed E-state index contributed by atoms with van der Waals surface area (Å²) in [6, 6.07) is 7.86. The van der Waals surface area contributed by atoms with Crippen LogP contribution in [0.2, 0.25) is 0 Å². The van der Waals surface area contributed by atoms with Crippen molar-refractivity contribution < 1.29 is 32.9 Å². The molecule has 1 aromatic carbocycles. The van der Waals surface area contributed by atoms with Crippen molar-refractivity contribution >= 4 is 17.4 Å². The van der Waals surface area contributed by atoms with E-state index in [1.165, 1.54) is 48.9 Å². The third kappa shape index (κ3) is 4.94. The molecular formula is C21H17F3N6O4. The van der Waals surface area contributed by atoms with Crippen molar-refractivity contribution in [2.24, 2.45) is 0 Å². The number of hydrogen-bond donors (Lipinski definition) is 3. The van der Waals surface area contributed by atoms with Crippen LogP contribution in [0, 0.1) is 0 Å². The van der Waals surface area contributed by atoms with Crippen molar-refractivity contribution in [3.8, 4) is 17.1 Å². The minimum absolute atomic E-state index is 0.0128. The summed E-state index contributed by atoms with van der Waals surface area (Å²) in [6.07, 6.45) is -2.00. The molecule has 3 N–H and O–H groups in total. The first-order valence-electron chi connectivity index (χ1n) is 9.83. The molecule has 3 aromatic heterocycles. The van der Waals surface area contributed by atoms with E-state index in [9.17, 15) is 23.1 Å². The molecule has 34 heavy (non-hydrogen) atoms. The topological polar surface area (TPSA) is 135 Å². The van der Waals surface area contributed by atoms with E-state index in [4.69, 9.17) is 9.84 Å². The Morgan fingerprint density at radius 3 is 2.59 bits per heavy atom. The molecule has 0 bridgehead atoms. The Morgan fingerprint density at radius 2 is 1.88 bits per heavy atom. The lowest BCUT2D eigenvalue weighted by Gasteiger charge is -2.12. The predicted octanol–water partition coefficient (Wildman–Crippen LogP) is 2.19. The minimum Gasteiger partial charge on any atom is -0.474 e. The highest BCUT2D eigenvalue weighted by molar-refractivity contribution is 6.02. The molecule has 1 amide bonds. The van der Waals surface area contributed by atoms with Gasteiger partial charge in [0.1, 0.15) is 12.7 Å². The van der Waals surface area contributed by atoms with Crippen molar-refractivity contribution in [2.45, 2.75) is 12.3 Å². The van der Waals surface area contributed by atoms with Crippen LogP contribution >= 0.6 is 0 Å². The molecule has 10 nitrogen and oxygen atoms in total. The van der Waals surface area contributed by atoms with Gasteiger partial charge in [-0.1, -0.05) is 18.2 Å². The Bertz CT molecular complexity index is 1310. The number of alkyl halides is 3. The molecule has 0 spiro atoms. The summed E-state index contributed by atoms with van der Waals surface area (Å²) >= 11 is 0. The van der Waals surface area contributed by atoms with E-state index >= 15 is 0 Å². The molecule has 0 saturated carbocycles. The number of hydrogen-bond acceptors (Lipinski definition) is 8. The van der Waals surface area contributed by atoms with Crippen molar-refractivity contribution in [1.29, 1.82) is 0 Å². The van der Waals surface area contributed by atoms with Gasteiger partial charge in [-0.25, -0.2) is 19.5 Å². The lowest BCUT2D eigenvalue weighted by atomic mass is 10.0. The Labute approximate surface area is 189 Å². The van der Waals surface area contributed by atoms with Gasteiger partial charge in [0.25, 0.3) is 5.91 Å². The van der Waals surface area contributed by atoms with E-state index in [1.54, 1.807) is 0 Å². The summed E-state index contributed by atoms with van der Waals surface area (Å²) in [4.78, 5) is 24.7. The predicted molar refractivity (Wildman–Crippen MR) is 112 cm³/mol. The second-order valence-corrected chi connectivity index (χ2v) is 7.02. The van der Waals surface area contributed by atoms with E-state index in [-0.39, 0.29) is 40.9 Å². The van der Waals surface area contributed by atoms with Crippen molar-refractivity contribution in [2.75, 3.05) is 18.5 Å². The number of aromatic nitrogens is 5. The second-order valence-electron chi connectivity index (χ2n) is 7.02. The molecule has 0 aliphatic rings. The number of aliphatic hydroxyl groups excluding tert-OH is 2. The number of imidazole rings is 1. The normalized spacial score (nSPS) is 12.5. The number of fused-ring (bicyclic) bond motifs is 1. The number of benzene rings is 1. The monoisotopic (exact) mass is 474 g/mol. The van der Waals surface area contributed by atoms with Gasteiger partial charge in [0, 0.05) is 5.56 Å². The number of carbonyl (C=O) groups is 1. The average molecular weight is 474 g/mol. The number of nitrogens with one attached hydrogen (secondary N) is 1. The van der Waals surface area contributed by atoms with Crippen LogP contribution in [0.25, 0.3) is 16.9 Å². The largest absolute Gasteiger partial charge is 0.474 e. The van der Waals surface area contributed by atoms with Gasteiger partial charge in [-0.3, -0.25) is 4.79 Å². The third-order valence-electron chi connectivity index (χ3n) is 4.61. The van der Waals surface area contributed by atoms with Crippen molar-refractivity contribution in [3.05, 3.63) is 66.2 Å². The third-order valence-corrected chi connectivity index (χ3v) is 4.61. The number of nitrogens with zero attached hydrogens (tertiary/aromatic N) is 5. The van der Waals surface area contributed by atoms with Gasteiger partial charge in [0.15, 0.2) is 17.2 Å². The van der Waals surface area contributed by atoms with Crippen LogP contribution in [0.4, 0.5) is 19.0 Å². The van der Waals surface area contributed by atoms with Crippen LogP contribution in [-0.4, -0.2) is 60.0 Å². The van der Waals surface area contributed by atoms with Gasteiger partial charge in [0.05, 0.1) is 36.5 Å². The fourth-order valence-corrected chi connectivity index (χ4v) is 3.00. The quantitative estimate of drug-likeness (QED) is 0.371. The molecule has 1 unspecified atom stereocenters. The molecule has 0 aliphatic heterocycles. The van der Waals surface area contributed by atoms with Gasteiger partial charge >= 0.3 is 6.18 Å². The number of halogens is 3. The zero-order valence-electron chi connectivity index (χ0n) is 17.3. The highest BCUT2D eigenvalue weighted by Crippen LogP contribution is 2.36.